The molecule has 2 aromatic carbocycles. The van der Waals surface area contributed by atoms with Crippen molar-refractivity contribution in [3.63, 3.8) is 0 Å². The molecule has 0 aliphatic heterocycles. The molecule has 23 heavy (non-hydrogen) atoms. The van der Waals surface area contributed by atoms with Crippen molar-refractivity contribution in [2.24, 2.45) is 0 Å². The van der Waals surface area contributed by atoms with Gasteiger partial charge in [0, 0.05) is 24.2 Å². The van der Waals surface area contributed by atoms with Crippen LogP contribution in [-0.4, -0.2) is 16.2 Å². The van der Waals surface area contributed by atoms with Crippen LogP contribution in [0.4, 0.5) is 4.39 Å². The van der Waals surface area contributed by atoms with Gasteiger partial charge in [0.2, 0.25) is 0 Å². The van der Waals surface area contributed by atoms with Crippen molar-refractivity contribution >= 4 is 5.97 Å². The van der Waals surface area contributed by atoms with E-state index in [-0.39, 0.29) is 23.4 Å². The Morgan fingerprint density at radius 1 is 1.13 bits per heavy atom. The van der Waals surface area contributed by atoms with Gasteiger partial charge < -0.3 is 15.5 Å². The normalized spacial score (nSPS) is 11.0. The Morgan fingerprint density at radius 2 is 1.83 bits per heavy atom. The molecule has 0 saturated carbocycles. The van der Waals surface area contributed by atoms with E-state index in [0.717, 1.165) is 17.2 Å². The Balaban J connectivity index is 2.07. The summed E-state index contributed by atoms with van der Waals surface area (Å²) in [5.41, 5.74) is 2.17. The summed E-state index contributed by atoms with van der Waals surface area (Å²) in [6, 6.07) is 9.14. The molecule has 0 bridgehead atoms. The molecule has 4 nitrogen and oxygen atoms in total. The molecule has 0 heterocycles. The first-order valence-electron chi connectivity index (χ1n) is 7.42. The lowest BCUT2D eigenvalue weighted by Gasteiger charge is -2.12. The summed E-state index contributed by atoms with van der Waals surface area (Å²) >= 11 is 0. The lowest BCUT2D eigenvalue weighted by molar-refractivity contribution is 0.0696. The number of hydrogen-bond acceptors (Lipinski definition) is 3. The fourth-order valence-corrected chi connectivity index (χ4v) is 2.28. The van der Waals surface area contributed by atoms with E-state index >= 15 is 0 Å². The van der Waals surface area contributed by atoms with E-state index in [1.807, 2.05) is 12.1 Å². The van der Waals surface area contributed by atoms with Gasteiger partial charge in [-0.25, -0.2) is 9.18 Å². The highest BCUT2D eigenvalue weighted by atomic mass is 19.1. The maximum Gasteiger partial charge on any atom is 0.335 e. The summed E-state index contributed by atoms with van der Waals surface area (Å²) < 4.78 is 13.7. The first kappa shape index (κ1) is 17.0. The number of aromatic hydroxyl groups is 1. The van der Waals surface area contributed by atoms with Crippen molar-refractivity contribution < 1.29 is 19.4 Å². The second kappa shape index (κ2) is 7.24. The number of aromatic carboxylic acids is 1. The SMILES string of the molecule is CC(C)c1ccc(O)c(CNCc2cc(C(=O)O)ccc2F)c1. The van der Waals surface area contributed by atoms with Gasteiger partial charge in [0.1, 0.15) is 11.6 Å². The van der Waals surface area contributed by atoms with Gasteiger partial charge in [0.15, 0.2) is 0 Å². The predicted octanol–water partition coefficient (Wildman–Crippen LogP) is 3.64. The standard InChI is InChI=1S/C18H20FNO3/c1-11(2)12-4-6-17(21)15(7-12)10-20-9-14-8-13(18(22)23)3-5-16(14)19/h3-8,11,20-21H,9-10H2,1-2H3,(H,22,23). The van der Waals surface area contributed by atoms with Crippen molar-refractivity contribution in [1.82, 2.24) is 5.32 Å². The van der Waals surface area contributed by atoms with E-state index in [2.05, 4.69) is 19.2 Å². The van der Waals surface area contributed by atoms with E-state index in [9.17, 15) is 14.3 Å². The molecule has 0 aliphatic carbocycles. The molecule has 2 rings (SSSR count). The largest absolute Gasteiger partial charge is 0.508 e. The quantitative estimate of drug-likeness (QED) is 0.761. The molecule has 0 fully saturated rings. The van der Waals surface area contributed by atoms with Crippen molar-refractivity contribution in [1.29, 1.82) is 0 Å². The van der Waals surface area contributed by atoms with E-state index in [1.165, 1.54) is 12.1 Å². The minimum Gasteiger partial charge on any atom is -0.508 e. The highest BCUT2D eigenvalue weighted by molar-refractivity contribution is 5.87. The molecule has 0 saturated heterocycles. The molecule has 5 heteroatoms. The topological polar surface area (TPSA) is 69.6 Å². The molecule has 3 N–H and O–H groups in total. The number of rotatable bonds is 6. The van der Waals surface area contributed by atoms with Crippen LogP contribution < -0.4 is 5.32 Å². The van der Waals surface area contributed by atoms with Gasteiger partial charge in [-0.1, -0.05) is 26.0 Å². The molecule has 0 aromatic heterocycles. The molecule has 122 valence electrons. The summed E-state index contributed by atoms with van der Waals surface area (Å²) in [6.07, 6.45) is 0. The number of benzene rings is 2. The number of carbonyl (C=O) groups is 1. The number of carboxylic acids is 1. The minimum atomic E-state index is -1.09. The van der Waals surface area contributed by atoms with Gasteiger partial charge in [0.05, 0.1) is 5.56 Å². The maximum atomic E-state index is 13.7. The second-order valence-corrected chi connectivity index (χ2v) is 5.76. The molecular formula is C18H20FNO3. The molecule has 0 aliphatic rings. The Kier molecular flexibility index (Phi) is 5.34. The van der Waals surface area contributed by atoms with Crippen molar-refractivity contribution in [3.8, 4) is 5.75 Å². The van der Waals surface area contributed by atoms with Crippen molar-refractivity contribution in [2.75, 3.05) is 0 Å². The Hall–Kier alpha value is -2.40. The molecule has 0 unspecified atom stereocenters. The number of hydrogen-bond donors (Lipinski definition) is 3. The fourth-order valence-electron chi connectivity index (χ4n) is 2.28. The Labute approximate surface area is 134 Å². The van der Waals surface area contributed by atoms with Crippen molar-refractivity contribution in [2.45, 2.75) is 32.9 Å². The lowest BCUT2D eigenvalue weighted by Crippen LogP contribution is -2.15. The Morgan fingerprint density at radius 3 is 2.48 bits per heavy atom. The fraction of sp³-hybridized carbons (Fsp3) is 0.278. The molecule has 0 amide bonds. The minimum absolute atomic E-state index is 0.0489. The summed E-state index contributed by atoms with van der Waals surface area (Å²) in [5.74, 6) is -1.02. The third-order valence-electron chi connectivity index (χ3n) is 3.69. The maximum absolute atomic E-state index is 13.7. The number of phenolic OH excluding ortho intramolecular Hbond substituents is 1. The van der Waals surface area contributed by atoms with Crippen LogP contribution in [0.3, 0.4) is 0 Å². The lowest BCUT2D eigenvalue weighted by atomic mass is 10.00. The average Bonchev–Trinajstić information content (AvgIpc) is 2.50. The molecule has 0 atom stereocenters. The number of carboxylic acid groups (broad SMARTS) is 1. The molecule has 0 spiro atoms. The summed E-state index contributed by atoms with van der Waals surface area (Å²) in [5, 5.41) is 21.9. The van der Waals surface area contributed by atoms with Gasteiger partial charge in [0.25, 0.3) is 0 Å². The first-order valence-corrected chi connectivity index (χ1v) is 7.42. The van der Waals surface area contributed by atoms with Gasteiger partial charge in [-0.05, 0) is 35.7 Å². The molecule has 2 aromatic rings. The van der Waals surface area contributed by atoms with Gasteiger partial charge in [-0.3, -0.25) is 0 Å². The van der Waals surface area contributed by atoms with E-state index in [0.29, 0.717) is 12.5 Å². The average molecular weight is 317 g/mol. The predicted molar refractivity (Wildman–Crippen MR) is 86.1 cm³/mol. The zero-order valence-electron chi connectivity index (χ0n) is 13.1. The van der Waals surface area contributed by atoms with Gasteiger partial charge in [-0.15, -0.1) is 0 Å². The molecular weight excluding hydrogens is 297 g/mol. The van der Waals surface area contributed by atoms with Crippen molar-refractivity contribution in [3.05, 3.63) is 64.5 Å². The van der Waals surface area contributed by atoms with E-state index < -0.39 is 11.8 Å². The zero-order valence-corrected chi connectivity index (χ0v) is 13.1. The van der Waals surface area contributed by atoms with E-state index in [1.54, 1.807) is 6.07 Å². The number of nitrogens with one attached hydrogen (secondary N) is 1. The highest BCUT2D eigenvalue weighted by Gasteiger charge is 2.09. The number of halogens is 1. The Bertz CT molecular complexity index is 713. The highest BCUT2D eigenvalue weighted by Crippen LogP contribution is 2.23. The first-order chi connectivity index (χ1) is 10.9. The summed E-state index contributed by atoms with van der Waals surface area (Å²) in [6.45, 7) is 4.67. The third-order valence-corrected chi connectivity index (χ3v) is 3.69. The van der Waals surface area contributed by atoms with Gasteiger partial charge >= 0.3 is 5.97 Å². The van der Waals surface area contributed by atoms with Gasteiger partial charge in [-0.2, -0.15) is 0 Å². The smallest absolute Gasteiger partial charge is 0.335 e. The summed E-state index contributed by atoms with van der Waals surface area (Å²) in [4.78, 5) is 10.9. The van der Waals surface area contributed by atoms with Crippen LogP contribution in [0.25, 0.3) is 0 Å². The molecule has 0 radical (unpaired) electrons. The third kappa shape index (κ3) is 4.29. The zero-order chi connectivity index (χ0) is 17.0. The second-order valence-electron chi connectivity index (χ2n) is 5.76. The number of phenols is 1. The van der Waals surface area contributed by atoms with Crippen LogP contribution in [0.15, 0.2) is 36.4 Å². The van der Waals surface area contributed by atoms with Crippen LogP contribution in [0.1, 0.15) is 46.8 Å². The van der Waals surface area contributed by atoms with E-state index in [4.69, 9.17) is 5.11 Å². The van der Waals surface area contributed by atoms with Crippen LogP contribution in [0, 0.1) is 5.82 Å². The van der Waals surface area contributed by atoms with Crippen LogP contribution >= 0.6 is 0 Å². The monoisotopic (exact) mass is 317 g/mol. The van der Waals surface area contributed by atoms with Crippen LogP contribution in [-0.2, 0) is 13.1 Å². The van der Waals surface area contributed by atoms with Crippen LogP contribution in [0.2, 0.25) is 0 Å². The summed E-state index contributed by atoms with van der Waals surface area (Å²) in [7, 11) is 0. The van der Waals surface area contributed by atoms with Crippen LogP contribution in [0.5, 0.6) is 5.75 Å².